The Hall–Kier alpha value is -2.72. The normalized spacial score (nSPS) is 16.0. The third kappa shape index (κ3) is 4.88. The van der Waals surface area contributed by atoms with Gasteiger partial charge in [-0.1, -0.05) is 0 Å². The van der Waals surface area contributed by atoms with E-state index in [1.54, 1.807) is 13.8 Å². The summed E-state index contributed by atoms with van der Waals surface area (Å²) in [7, 11) is 0. The standard InChI is InChI=1S/C15H15N3O6S/c1-9(2)24-8-13(19)16-17-14(20)12(25-15(17)21)7-10-3-5-11(6-4-10)18(22)23/h3-7,9H,8H2,1-2H3,(H,16,19)/b12-7-. The zero-order valence-electron chi connectivity index (χ0n) is 13.4. The number of nitrogens with zero attached hydrogens (tertiary/aromatic N) is 2. The lowest BCUT2D eigenvalue weighted by Crippen LogP contribution is -2.46. The summed E-state index contributed by atoms with van der Waals surface area (Å²) in [6.07, 6.45) is 1.26. The second-order valence-electron chi connectivity index (χ2n) is 5.26. The number of nitrogens with one attached hydrogen (secondary N) is 1. The smallest absolute Gasteiger partial charge is 0.312 e. The lowest BCUT2D eigenvalue weighted by Gasteiger charge is -2.14. The van der Waals surface area contributed by atoms with Gasteiger partial charge in [0.15, 0.2) is 0 Å². The number of carbonyl (C=O) groups is 3. The molecule has 1 fully saturated rings. The molecule has 132 valence electrons. The predicted octanol–water partition coefficient (Wildman–Crippen LogP) is 2.09. The molecule has 0 aromatic heterocycles. The van der Waals surface area contributed by atoms with Crippen molar-refractivity contribution in [1.29, 1.82) is 0 Å². The number of hydrogen-bond donors (Lipinski definition) is 1. The molecule has 1 N–H and O–H groups in total. The molecule has 1 aromatic carbocycles. The summed E-state index contributed by atoms with van der Waals surface area (Å²) >= 11 is 0.663. The second kappa shape index (κ2) is 7.90. The lowest BCUT2D eigenvalue weighted by atomic mass is 10.2. The van der Waals surface area contributed by atoms with E-state index in [1.807, 2.05) is 0 Å². The van der Waals surface area contributed by atoms with Crippen LogP contribution in [0.3, 0.4) is 0 Å². The molecule has 1 aromatic rings. The molecule has 0 radical (unpaired) electrons. The molecular formula is C15H15N3O6S. The van der Waals surface area contributed by atoms with E-state index in [0.717, 1.165) is 0 Å². The summed E-state index contributed by atoms with van der Waals surface area (Å²) in [5.74, 6) is -1.29. The van der Waals surface area contributed by atoms with Gasteiger partial charge in [0.25, 0.3) is 17.5 Å². The molecule has 2 rings (SSSR count). The van der Waals surface area contributed by atoms with Gasteiger partial charge in [-0.2, -0.15) is 5.01 Å². The van der Waals surface area contributed by atoms with E-state index < -0.39 is 22.0 Å². The van der Waals surface area contributed by atoms with Crippen molar-refractivity contribution < 1.29 is 24.0 Å². The number of non-ortho nitro benzene ring substituents is 1. The molecular weight excluding hydrogens is 350 g/mol. The highest BCUT2D eigenvalue weighted by Crippen LogP contribution is 2.31. The average Bonchev–Trinajstić information content (AvgIpc) is 2.81. The molecule has 25 heavy (non-hydrogen) atoms. The van der Waals surface area contributed by atoms with Gasteiger partial charge in [0.05, 0.1) is 15.9 Å². The van der Waals surface area contributed by atoms with Gasteiger partial charge < -0.3 is 4.74 Å². The number of rotatable bonds is 6. The number of hydrazine groups is 1. The zero-order valence-corrected chi connectivity index (χ0v) is 14.2. The number of carbonyl (C=O) groups excluding carboxylic acids is 3. The maximum absolute atomic E-state index is 12.2. The van der Waals surface area contributed by atoms with Gasteiger partial charge in [0.2, 0.25) is 0 Å². The van der Waals surface area contributed by atoms with Crippen LogP contribution in [0.2, 0.25) is 0 Å². The first kappa shape index (κ1) is 18.6. The number of imide groups is 1. The van der Waals surface area contributed by atoms with Gasteiger partial charge in [0.1, 0.15) is 6.61 Å². The maximum atomic E-state index is 12.2. The van der Waals surface area contributed by atoms with Crippen molar-refractivity contribution >= 4 is 40.6 Å². The minimum Gasteiger partial charge on any atom is -0.369 e. The number of nitro groups is 1. The molecule has 0 saturated carbocycles. The minimum absolute atomic E-state index is 0.0809. The van der Waals surface area contributed by atoms with Gasteiger partial charge in [-0.15, -0.1) is 0 Å². The van der Waals surface area contributed by atoms with Crippen LogP contribution in [-0.2, 0) is 14.3 Å². The fourth-order valence-electron chi connectivity index (χ4n) is 1.81. The minimum atomic E-state index is -0.675. The number of ether oxygens (including phenoxy) is 1. The number of thioether (sulfide) groups is 1. The quantitative estimate of drug-likeness (QED) is 0.466. The van der Waals surface area contributed by atoms with Gasteiger partial charge >= 0.3 is 5.24 Å². The first-order valence-corrected chi connectivity index (χ1v) is 8.03. The van der Waals surface area contributed by atoms with Gasteiger partial charge in [0, 0.05) is 12.1 Å². The highest BCUT2D eigenvalue weighted by atomic mass is 32.2. The van der Waals surface area contributed by atoms with Crippen LogP contribution in [-0.4, -0.2) is 39.7 Å². The predicted molar refractivity (Wildman–Crippen MR) is 90.1 cm³/mol. The van der Waals surface area contributed by atoms with E-state index in [9.17, 15) is 24.5 Å². The summed E-state index contributed by atoms with van der Waals surface area (Å²) in [4.78, 5) is 46.0. The number of nitro benzene ring substituents is 1. The molecule has 3 amide bonds. The average molecular weight is 365 g/mol. The third-order valence-corrected chi connectivity index (χ3v) is 3.85. The van der Waals surface area contributed by atoms with Crippen molar-refractivity contribution in [3.05, 3.63) is 44.8 Å². The van der Waals surface area contributed by atoms with Crippen LogP contribution in [0.5, 0.6) is 0 Å². The molecule has 0 atom stereocenters. The molecule has 0 spiro atoms. The van der Waals surface area contributed by atoms with Crippen LogP contribution in [0, 0.1) is 10.1 Å². The van der Waals surface area contributed by atoms with Gasteiger partial charge in [-0.25, -0.2) is 0 Å². The van der Waals surface area contributed by atoms with Gasteiger partial charge in [-0.3, -0.25) is 29.9 Å². The molecule has 1 aliphatic heterocycles. The Labute approximate surface area is 147 Å². The number of amides is 3. The lowest BCUT2D eigenvalue weighted by molar-refractivity contribution is -0.384. The zero-order chi connectivity index (χ0) is 18.6. The van der Waals surface area contributed by atoms with Crippen LogP contribution in [0.25, 0.3) is 6.08 Å². The number of hydrogen-bond acceptors (Lipinski definition) is 7. The molecule has 1 saturated heterocycles. The van der Waals surface area contributed by atoms with E-state index in [2.05, 4.69) is 5.43 Å². The summed E-state index contributed by atoms with van der Waals surface area (Å²) in [6, 6.07) is 5.50. The first-order valence-electron chi connectivity index (χ1n) is 7.21. The van der Waals surface area contributed by atoms with Crippen LogP contribution in [0.1, 0.15) is 19.4 Å². The third-order valence-electron chi connectivity index (χ3n) is 2.98. The maximum Gasteiger partial charge on any atom is 0.312 e. The molecule has 10 heteroatoms. The van der Waals surface area contributed by atoms with Crippen molar-refractivity contribution in [2.24, 2.45) is 0 Å². The largest absolute Gasteiger partial charge is 0.369 e. The topological polar surface area (TPSA) is 119 Å². The fraction of sp³-hybridized carbons (Fsp3) is 0.267. The van der Waals surface area contributed by atoms with Crippen molar-refractivity contribution in [3.63, 3.8) is 0 Å². The van der Waals surface area contributed by atoms with Crippen LogP contribution in [0.4, 0.5) is 10.5 Å². The van der Waals surface area contributed by atoms with E-state index >= 15 is 0 Å². The Kier molecular flexibility index (Phi) is 5.88. The highest BCUT2D eigenvalue weighted by molar-refractivity contribution is 8.18. The summed E-state index contributed by atoms with van der Waals surface area (Å²) in [5, 5.41) is 10.6. The second-order valence-corrected chi connectivity index (χ2v) is 6.25. The van der Waals surface area contributed by atoms with Crippen molar-refractivity contribution in [1.82, 2.24) is 10.4 Å². The van der Waals surface area contributed by atoms with E-state index in [-0.39, 0.29) is 23.3 Å². The van der Waals surface area contributed by atoms with Gasteiger partial charge in [-0.05, 0) is 49.4 Å². The highest BCUT2D eigenvalue weighted by Gasteiger charge is 2.36. The fourth-order valence-corrected chi connectivity index (χ4v) is 2.59. The molecule has 0 bridgehead atoms. The molecule has 1 aliphatic rings. The molecule has 1 heterocycles. The number of benzene rings is 1. The SMILES string of the molecule is CC(C)OCC(=O)NN1C(=O)S/C(=C\c2ccc([N+](=O)[O-])cc2)C1=O. The van der Waals surface area contributed by atoms with Crippen LogP contribution >= 0.6 is 11.8 Å². The Morgan fingerprint density at radius 3 is 2.56 bits per heavy atom. The van der Waals surface area contributed by atoms with Crippen molar-refractivity contribution in [3.8, 4) is 0 Å². The van der Waals surface area contributed by atoms with Crippen molar-refractivity contribution in [2.75, 3.05) is 6.61 Å². The van der Waals surface area contributed by atoms with E-state index in [4.69, 9.17) is 4.74 Å². The van der Waals surface area contributed by atoms with E-state index in [1.165, 1.54) is 30.3 Å². The first-order chi connectivity index (χ1) is 11.8. The Morgan fingerprint density at radius 1 is 1.36 bits per heavy atom. The molecule has 0 aliphatic carbocycles. The van der Waals surface area contributed by atoms with Crippen LogP contribution < -0.4 is 5.43 Å². The summed E-state index contributed by atoms with van der Waals surface area (Å²) in [6.45, 7) is 3.22. The Morgan fingerprint density at radius 2 is 2.00 bits per heavy atom. The van der Waals surface area contributed by atoms with Crippen LogP contribution in [0.15, 0.2) is 29.2 Å². The van der Waals surface area contributed by atoms with E-state index in [0.29, 0.717) is 22.3 Å². The molecule has 9 nitrogen and oxygen atoms in total. The summed E-state index contributed by atoms with van der Waals surface area (Å²) < 4.78 is 5.10. The Balaban J connectivity index is 2.06. The summed E-state index contributed by atoms with van der Waals surface area (Å²) in [5.41, 5.74) is 2.63. The molecule has 0 unspecified atom stereocenters. The monoisotopic (exact) mass is 365 g/mol. The Bertz CT molecular complexity index is 744. The van der Waals surface area contributed by atoms with Crippen molar-refractivity contribution in [2.45, 2.75) is 20.0 Å².